The van der Waals surface area contributed by atoms with Gasteiger partial charge >= 0.3 is 0 Å². The Morgan fingerprint density at radius 3 is 2.38 bits per heavy atom. The summed E-state index contributed by atoms with van der Waals surface area (Å²) in [6.45, 7) is 15.5. The van der Waals surface area contributed by atoms with E-state index >= 15 is 0 Å². The van der Waals surface area contributed by atoms with Crippen molar-refractivity contribution in [1.29, 1.82) is 0 Å². The summed E-state index contributed by atoms with van der Waals surface area (Å²) in [6.07, 6.45) is 0. The van der Waals surface area contributed by atoms with E-state index in [9.17, 15) is 0 Å². The predicted molar refractivity (Wildman–Crippen MR) is 108 cm³/mol. The molecule has 0 atom stereocenters. The molecule has 0 aliphatic carbocycles. The molecule has 0 unspecified atom stereocenters. The molecule has 6 heteroatoms. The van der Waals surface area contributed by atoms with Gasteiger partial charge in [-0.05, 0) is 26.5 Å². The fourth-order valence-corrected chi connectivity index (χ4v) is 4.25. The number of thiophene rings is 1. The lowest BCUT2D eigenvalue weighted by molar-refractivity contribution is 0.312. The summed E-state index contributed by atoms with van der Waals surface area (Å²) < 4.78 is 0. The molecule has 3 heterocycles. The van der Waals surface area contributed by atoms with E-state index in [-0.39, 0.29) is 0 Å². The summed E-state index contributed by atoms with van der Waals surface area (Å²) in [5.74, 6) is 1.71. The zero-order chi connectivity index (χ0) is 18.3. The number of aromatic nitrogens is 2. The van der Waals surface area contributed by atoms with Crippen LogP contribution >= 0.6 is 11.3 Å². The van der Waals surface area contributed by atoms with Gasteiger partial charge in [-0.1, -0.05) is 29.8 Å². The lowest BCUT2D eigenvalue weighted by Crippen LogP contribution is -2.45. The lowest BCUT2D eigenvalue weighted by Gasteiger charge is -2.33. The first-order valence-corrected chi connectivity index (χ1v) is 9.57. The molecule has 132 valence electrons. The minimum atomic E-state index is 0.714. The van der Waals surface area contributed by atoms with Crippen LogP contribution in [0.25, 0.3) is 26.4 Å². The summed E-state index contributed by atoms with van der Waals surface area (Å²) in [5.41, 5.74) is 3.24. The van der Waals surface area contributed by atoms with Crippen molar-refractivity contribution >= 4 is 32.4 Å². The predicted octanol–water partition coefficient (Wildman–Crippen LogP) is 4.28. The Balaban J connectivity index is 1.90. The van der Waals surface area contributed by atoms with E-state index < -0.39 is 0 Å². The quantitative estimate of drug-likeness (QED) is 0.637. The van der Waals surface area contributed by atoms with Crippen LogP contribution in [-0.2, 0) is 0 Å². The highest BCUT2D eigenvalue weighted by atomic mass is 32.1. The van der Waals surface area contributed by atoms with Crippen molar-refractivity contribution in [2.24, 2.45) is 0 Å². The van der Waals surface area contributed by atoms with Gasteiger partial charge in [0.2, 0.25) is 5.00 Å². The van der Waals surface area contributed by atoms with Crippen LogP contribution in [0.3, 0.4) is 0 Å². The Hall–Kier alpha value is -2.49. The molecule has 1 aromatic carbocycles. The van der Waals surface area contributed by atoms with E-state index in [0.29, 0.717) is 5.00 Å². The Bertz CT molecular complexity index is 992. The fraction of sp³-hybridized carbons (Fsp3) is 0.350. The van der Waals surface area contributed by atoms with Crippen molar-refractivity contribution in [2.75, 3.05) is 38.1 Å². The number of benzene rings is 1. The van der Waals surface area contributed by atoms with Gasteiger partial charge in [0, 0.05) is 37.1 Å². The number of hydrogen-bond acceptors (Lipinski definition) is 5. The van der Waals surface area contributed by atoms with E-state index in [1.165, 1.54) is 16.9 Å². The van der Waals surface area contributed by atoms with E-state index in [1.807, 2.05) is 6.92 Å². The number of piperazine rings is 1. The second-order valence-electron chi connectivity index (χ2n) is 6.85. The molecule has 0 amide bonds. The highest BCUT2D eigenvalue weighted by molar-refractivity contribution is 7.22. The van der Waals surface area contributed by atoms with Crippen LogP contribution in [0.2, 0.25) is 0 Å². The Morgan fingerprint density at radius 1 is 1.04 bits per heavy atom. The number of aryl methyl sites for hydroxylation is 2. The van der Waals surface area contributed by atoms with Gasteiger partial charge in [-0.3, -0.25) is 0 Å². The van der Waals surface area contributed by atoms with Crippen molar-refractivity contribution in [3.8, 4) is 11.4 Å². The third kappa shape index (κ3) is 2.94. The minimum absolute atomic E-state index is 0.714. The van der Waals surface area contributed by atoms with Crippen LogP contribution in [0.15, 0.2) is 24.3 Å². The van der Waals surface area contributed by atoms with E-state index in [4.69, 9.17) is 16.5 Å². The van der Waals surface area contributed by atoms with Gasteiger partial charge in [-0.2, -0.15) is 0 Å². The normalized spacial score (nSPS) is 15.4. The Labute approximate surface area is 157 Å². The SMILES string of the molecule is [C-]#[N+]c1sc2nc(-c3ccc(C)cc3)nc(N3CCN(C)CC3)c2c1C. The van der Waals surface area contributed by atoms with Gasteiger partial charge in [0.25, 0.3) is 0 Å². The number of fused-ring (bicyclic) bond motifs is 1. The molecular formula is C20H21N5S. The average molecular weight is 363 g/mol. The zero-order valence-corrected chi connectivity index (χ0v) is 16.1. The largest absolute Gasteiger partial charge is 0.353 e. The minimum Gasteiger partial charge on any atom is -0.353 e. The van der Waals surface area contributed by atoms with Crippen molar-refractivity contribution in [3.05, 3.63) is 46.8 Å². The fourth-order valence-electron chi connectivity index (χ4n) is 3.29. The van der Waals surface area contributed by atoms with Crippen LogP contribution in [0.4, 0.5) is 10.8 Å². The average Bonchev–Trinajstić information content (AvgIpc) is 2.98. The molecule has 4 rings (SSSR count). The molecule has 0 radical (unpaired) electrons. The summed E-state index contributed by atoms with van der Waals surface area (Å²) in [7, 11) is 2.15. The summed E-state index contributed by atoms with van der Waals surface area (Å²) in [6, 6.07) is 8.31. The van der Waals surface area contributed by atoms with Crippen LogP contribution in [-0.4, -0.2) is 48.1 Å². The first kappa shape index (κ1) is 17.0. The molecular weight excluding hydrogens is 342 g/mol. The highest BCUT2D eigenvalue weighted by Crippen LogP contribution is 2.41. The van der Waals surface area contributed by atoms with Gasteiger partial charge in [-0.15, -0.1) is 11.3 Å². The van der Waals surface area contributed by atoms with Gasteiger partial charge in [0.1, 0.15) is 10.6 Å². The van der Waals surface area contributed by atoms with Gasteiger partial charge in [0.05, 0.1) is 6.57 Å². The summed E-state index contributed by atoms with van der Waals surface area (Å²) in [5, 5.41) is 1.76. The molecule has 0 saturated carbocycles. The smallest absolute Gasteiger partial charge is 0.246 e. The standard InChI is InChI=1S/C20H21N5S/c1-13-5-7-15(8-6-13)17-22-18(25-11-9-24(4)10-12-25)16-14(2)19(21-3)26-20(16)23-17/h5-8H,9-12H2,1-2,4H3. The van der Waals surface area contributed by atoms with Gasteiger partial charge in [0.15, 0.2) is 5.82 Å². The zero-order valence-electron chi connectivity index (χ0n) is 15.3. The molecule has 26 heavy (non-hydrogen) atoms. The molecule has 3 aromatic rings. The van der Waals surface area contributed by atoms with Crippen molar-refractivity contribution in [2.45, 2.75) is 13.8 Å². The molecule has 0 bridgehead atoms. The molecule has 1 fully saturated rings. The maximum Gasteiger partial charge on any atom is 0.246 e. The number of anilines is 1. The first-order valence-electron chi connectivity index (χ1n) is 8.76. The van der Waals surface area contributed by atoms with Crippen LogP contribution < -0.4 is 4.90 Å². The van der Waals surface area contributed by atoms with Gasteiger partial charge in [-0.25, -0.2) is 14.8 Å². The molecule has 1 aliphatic rings. The number of hydrogen-bond donors (Lipinski definition) is 0. The third-order valence-electron chi connectivity index (χ3n) is 4.96. The maximum absolute atomic E-state index is 7.47. The van der Waals surface area contributed by atoms with E-state index in [1.54, 1.807) is 0 Å². The van der Waals surface area contributed by atoms with E-state index in [2.05, 4.69) is 52.9 Å². The molecule has 1 aliphatic heterocycles. The third-order valence-corrected chi connectivity index (χ3v) is 6.04. The lowest BCUT2D eigenvalue weighted by atomic mass is 10.1. The second kappa shape index (κ2) is 6.67. The second-order valence-corrected chi connectivity index (χ2v) is 7.83. The maximum atomic E-state index is 7.47. The van der Waals surface area contributed by atoms with Crippen molar-refractivity contribution in [3.63, 3.8) is 0 Å². The highest BCUT2D eigenvalue weighted by Gasteiger charge is 2.23. The molecule has 0 N–H and O–H groups in total. The van der Waals surface area contributed by atoms with Crippen LogP contribution in [0.5, 0.6) is 0 Å². The number of nitrogens with zero attached hydrogens (tertiary/aromatic N) is 5. The topological polar surface area (TPSA) is 36.6 Å². The number of rotatable bonds is 2. The molecule has 2 aromatic heterocycles. The molecule has 5 nitrogen and oxygen atoms in total. The molecule has 0 spiro atoms. The van der Waals surface area contributed by atoms with Crippen LogP contribution in [0, 0.1) is 20.4 Å². The Kier molecular flexibility index (Phi) is 4.35. The van der Waals surface area contributed by atoms with Gasteiger partial charge < -0.3 is 9.80 Å². The van der Waals surface area contributed by atoms with E-state index in [0.717, 1.165) is 59.2 Å². The van der Waals surface area contributed by atoms with Crippen LogP contribution in [0.1, 0.15) is 11.1 Å². The van der Waals surface area contributed by atoms with Crippen molar-refractivity contribution < 1.29 is 0 Å². The first-order chi connectivity index (χ1) is 12.6. The number of likely N-dealkylation sites (N-methyl/N-ethyl adjacent to an activating group) is 1. The summed E-state index contributed by atoms with van der Waals surface area (Å²) >= 11 is 1.47. The monoisotopic (exact) mass is 363 g/mol. The molecule has 1 saturated heterocycles. The Morgan fingerprint density at radius 2 is 1.73 bits per heavy atom. The summed E-state index contributed by atoms with van der Waals surface area (Å²) in [4.78, 5) is 19.0. The van der Waals surface area contributed by atoms with Crippen molar-refractivity contribution in [1.82, 2.24) is 14.9 Å².